The molecule has 1 saturated heterocycles. The number of nitrogens with zero attached hydrogens (tertiary/aromatic N) is 4. The first kappa shape index (κ1) is 19.4. The van der Waals surface area contributed by atoms with Gasteiger partial charge in [0.25, 0.3) is 0 Å². The van der Waals surface area contributed by atoms with Crippen molar-refractivity contribution in [2.45, 2.75) is 39.2 Å². The monoisotopic (exact) mass is 411 g/mol. The van der Waals surface area contributed by atoms with E-state index in [-0.39, 0.29) is 5.82 Å². The van der Waals surface area contributed by atoms with Crippen molar-refractivity contribution in [1.82, 2.24) is 15.4 Å². The average Bonchev–Trinajstić information content (AvgIpc) is 2.54. The number of halogens is 1. The van der Waals surface area contributed by atoms with Crippen molar-refractivity contribution in [2.24, 2.45) is 5.92 Å². The molecule has 9 heteroatoms. The molecule has 0 saturated carbocycles. The summed E-state index contributed by atoms with van der Waals surface area (Å²) in [7, 11) is 0. The van der Waals surface area contributed by atoms with Gasteiger partial charge in [0, 0.05) is 26.0 Å². The van der Waals surface area contributed by atoms with Crippen LogP contribution in [0.5, 0.6) is 0 Å². The zero-order chi connectivity index (χ0) is 18.4. The molecule has 136 valence electrons. The van der Waals surface area contributed by atoms with Crippen LogP contribution in [0.2, 0.25) is 0 Å². The number of ether oxygens (including phenoxy) is 2. The van der Waals surface area contributed by atoms with Gasteiger partial charge >= 0.3 is 6.09 Å². The number of carbonyl (C=O) groups is 1. The molecule has 1 fully saturated rings. The van der Waals surface area contributed by atoms with Crippen molar-refractivity contribution in [3.8, 4) is 6.07 Å². The van der Waals surface area contributed by atoms with Gasteiger partial charge in [-0.05, 0) is 55.5 Å². The minimum absolute atomic E-state index is 0.0289. The van der Waals surface area contributed by atoms with E-state index in [1.54, 1.807) is 25.8 Å². The van der Waals surface area contributed by atoms with Crippen molar-refractivity contribution >= 4 is 27.8 Å². The van der Waals surface area contributed by atoms with Crippen LogP contribution >= 0.6 is 15.9 Å². The fourth-order valence-electron chi connectivity index (χ4n) is 2.38. The molecule has 1 aromatic rings. The average molecular weight is 412 g/mol. The SMILES string of the molecule is CC(C)(C)OC(=O)NN(CC1CCOCC1)c1nc(C#N)ncc1Br. The fraction of sp³-hybridized carbons (Fsp3) is 0.625. The lowest BCUT2D eigenvalue weighted by Gasteiger charge is -2.31. The van der Waals surface area contributed by atoms with Gasteiger partial charge in [-0.25, -0.2) is 15.2 Å². The Morgan fingerprint density at radius 2 is 2.20 bits per heavy atom. The number of hydrazine groups is 1. The van der Waals surface area contributed by atoms with Gasteiger partial charge in [-0.1, -0.05) is 0 Å². The minimum atomic E-state index is -0.616. The Morgan fingerprint density at radius 1 is 1.52 bits per heavy atom. The molecule has 0 aliphatic carbocycles. The summed E-state index contributed by atoms with van der Waals surface area (Å²) in [5, 5.41) is 10.7. The van der Waals surface area contributed by atoms with E-state index in [0.29, 0.717) is 36.0 Å². The van der Waals surface area contributed by atoms with Crippen LogP contribution in [0.4, 0.5) is 10.6 Å². The van der Waals surface area contributed by atoms with Gasteiger partial charge in [0.2, 0.25) is 5.82 Å². The van der Waals surface area contributed by atoms with Crippen LogP contribution in [0.25, 0.3) is 0 Å². The van der Waals surface area contributed by atoms with E-state index in [4.69, 9.17) is 14.7 Å². The number of hydrogen-bond donors (Lipinski definition) is 1. The van der Waals surface area contributed by atoms with Crippen LogP contribution in [-0.4, -0.2) is 41.4 Å². The van der Waals surface area contributed by atoms with Crippen molar-refractivity contribution < 1.29 is 14.3 Å². The summed E-state index contributed by atoms with van der Waals surface area (Å²) in [6.45, 7) is 7.30. The Balaban J connectivity index is 2.22. The zero-order valence-corrected chi connectivity index (χ0v) is 16.2. The molecule has 0 radical (unpaired) electrons. The topological polar surface area (TPSA) is 100 Å². The Hall–Kier alpha value is -1.92. The molecule has 0 unspecified atom stereocenters. The highest BCUT2D eigenvalue weighted by atomic mass is 79.9. The van der Waals surface area contributed by atoms with E-state index >= 15 is 0 Å². The van der Waals surface area contributed by atoms with Crippen molar-refractivity contribution in [1.29, 1.82) is 5.26 Å². The number of nitriles is 1. The van der Waals surface area contributed by atoms with Gasteiger partial charge < -0.3 is 9.47 Å². The molecule has 2 heterocycles. The Bertz CT molecular complexity index is 650. The molecule has 0 aromatic carbocycles. The number of hydrogen-bond acceptors (Lipinski definition) is 7. The van der Waals surface area contributed by atoms with Gasteiger partial charge in [0.05, 0.1) is 4.47 Å². The summed E-state index contributed by atoms with van der Waals surface area (Å²) in [6, 6.07) is 1.91. The van der Waals surface area contributed by atoms with Crippen LogP contribution in [0.15, 0.2) is 10.7 Å². The summed E-state index contributed by atoms with van der Waals surface area (Å²) in [6.07, 6.45) is 2.69. The van der Waals surface area contributed by atoms with Crippen molar-refractivity contribution in [3.63, 3.8) is 0 Å². The molecule has 1 aliphatic heterocycles. The van der Waals surface area contributed by atoms with Crippen molar-refractivity contribution in [3.05, 3.63) is 16.5 Å². The molecule has 1 aromatic heterocycles. The lowest BCUT2D eigenvalue weighted by Crippen LogP contribution is -2.48. The second kappa shape index (κ2) is 8.45. The van der Waals surface area contributed by atoms with Crippen LogP contribution in [-0.2, 0) is 9.47 Å². The fourth-order valence-corrected chi connectivity index (χ4v) is 2.79. The van der Waals surface area contributed by atoms with E-state index in [1.807, 2.05) is 6.07 Å². The van der Waals surface area contributed by atoms with Gasteiger partial charge in [-0.15, -0.1) is 0 Å². The lowest BCUT2D eigenvalue weighted by atomic mass is 10.0. The number of aromatic nitrogens is 2. The predicted molar refractivity (Wildman–Crippen MR) is 94.7 cm³/mol. The summed E-state index contributed by atoms with van der Waals surface area (Å²) in [5.41, 5.74) is 2.12. The predicted octanol–water partition coefficient (Wildman–Crippen LogP) is 2.78. The Labute approximate surface area is 155 Å². The zero-order valence-electron chi connectivity index (χ0n) is 14.6. The first-order valence-electron chi connectivity index (χ1n) is 8.06. The van der Waals surface area contributed by atoms with Gasteiger partial charge in [-0.3, -0.25) is 5.01 Å². The normalized spacial score (nSPS) is 15.3. The van der Waals surface area contributed by atoms with Gasteiger partial charge in [-0.2, -0.15) is 10.2 Å². The third kappa shape index (κ3) is 6.14. The highest BCUT2D eigenvalue weighted by molar-refractivity contribution is 9.10. The highest BCUT2D eigenvalue weighted by Gasteiger charge is 2.24. The molecule has 1 aliphatic rings. The maximum absolute atomic E-state index is 12.2. The number of rotatable bonds is 4. The molecule has 8 nitrogen and oxygen atoms in total. The van der Waals surface area contributed by atoms with E-state index in [1.165, 1.54) is 6.20 Å². The standard InChI is InChI=1S/C16H22BrN5O3/c1-16(2,3)25-15(23)21-22(10-11-4-6-24-7-5-11)14-12(17)9-19-13(8-18)20-14/h9,11H,4-7,10H2,1-3H3,(H,21,23). The maximum atomic E-state index is 12.2. The molecular formula is C16H22BrN5O3. The Kier molecular flexibility index (Phi) is 6.56. The second-order valence-corrected chi connectivity index (χ2v) is 7.61. The van der Waals surface area contributed by atoms with Gasteiger partial charge in [0.1, 0.15) is 11.7 Å². The number of amides is 1. The molecule has 0 atom stereocenters. The van der Waals surface area contributed by atoms with E-state index in [9.17, 15) is 4.79 Å². The third-order valence-electron chi connectivity index (χ3n) is 3.49. The molecule has 0 bridgehead atoms. The first-order valence-corrected chi connectivity index (χ1v) is 8.85. The first-order chi connectivity index (χ1) is 11.8. The van der Waals surface area contributed by atoms with Gasteiger partial charge in [0.15, 0.2) is 5.82 Å². The Morgan fingerprint density at radius 3 is 2.80 bits per heavy atom. The van der Waals surface area contributed by atoms with E-state index < -0.39 is 11.7 Å². The molecule has 25 heavy (non-hydrogen) atoms. The summed E-state index contributed by atoms with van der Waals surface area (Å²) < 4.78 is 11.3. The lowest BCUT2D eigenvalue weighted by molar-refractivity contribution is 0.0499. The van der Waals surface area contributed by atoms with E-state index in [0.717, 1.165) is 12.8 Å². The summed E-state index contributed by atoms with van der Waals surface area (Å²) in [4.78, 5) is 20.4. The quantitative estimate of drug-likeness (QED) is 0.759. The third-order valence-corrected chi connectivity index (χ3v) is 4.05. The second-order valence-electron chi connectivity index (χ2n) is 6.76. The molecule has 1 N–H and O–H groups in total. The summed E-state index contributed by atoms with van der Waals surface area (Å²) >= 11 is 3.38. The summed E-state index contributed by atoms with van der Waals surface area (Å²) in [5.74, 6) is 0.779. The largest absolute Gasteiger partial charge is 0.443 e. The van der Waals surface area contributed by atoms with Crippen molar-refractivity contribution in [2.75, 3.05) is 24.8 Å². The maximum Gasteiger partial charge on any atom is 0.426 e. The molecular weight excluding hydrogens is 390 g/mol. The molecule has 1 amide bonds. The molecule has 0 spiro atoms. The van der Waals surface area contributed by atoms with Crippen LogP contribution in [0.1, 0.15) is 39.4 Å². The molecule has 2 rings (SSSR count). The number of nitrogens with one attached hydrogen (secondary N) is 1. The minimum Gasteiger partial charge on any atom is -0.443 e. The van der Waals surface area contributed by atoms with Crippen LogP contribution in [0.3, 0.4) is 0 Å². The van der Waals surface area contributed by atoms with Crippen LogP contribution in [0, 0.1) is 17.2 Å². The number of anilines is 1. The smallest absolute Gasteiger partial charge is 0.426 e. The number of carbonyl (C=O) groups excluding carboxylic acids is 1. The highest BCUT2D eigenvalue weighted by Crippen LogP contribution is 2.25. The van der Waals surface area contributed by atoms with E-state index in [2.05, 4.69) is 31.3 Å². The van der Waals surface area contributed by atoms with Crippen LogP contribution < -0.4 is 10.4 Å².